The van der Waals surface area contributed by atoms with Crippen LogP contribution in [0.3, 0.4) is 0 Å². The maximum atomic E-state index is 13.0. The van der Waals surface area contributed by atoms with Crippen molar-refractivity contribution in [1.29, 1.82) is 0 Å². The molecule has 7 nitrogen and oxygen atoms in total. The normalized spacial score (nSPS) is 16.2. The lowest BCUT2D eigenvalue weighted by atomic mass is 10.1. The summed E-state index contributed by atoms with van der Waals surface area (Å²) in [5.74, 6) is -0.0647. The molecule has 0 saturated carbocycles. The van der Waals surface area contributed by atoms with E-state index in [0.717, 1.165) is 43.3 Å². The SMILES string of the molecule is Cn1c(=O)c2cc(C(=O)N3CCCCCCC3)n(C)c2n(C)c1=O. The van der Waals surface area contributed by atoms with E-state index in [0.29, 0.717) is 16.7 Å². The van der Waals surface area contributed by atoms with E-state index in [-0.39, 0.29) is 17.2 Å². The zero-order valence-electron chi connectivity index (χ0n) is 14.5. The summed E-state index contributed by atoms with van der Waals surface area (Å²) in [7, 11) is 4.81. The summed E-state index contributed by atoms with van der Waals surface area (Å²) in [4.78, 5) is 39.3. The highest BCUT2D eigenvalue weighted by molar-refractivity contribution is 5.97. The predicted octanol–water partition coefficient (Wildman–Crippen LogP) is 0.982. The van der Waals surface area contributed by atoms with Crippen LogP contribution in [-0.2, 0) is 21.1 Å². The summed E-state index contributed by atoms with van der Waals surface area (Å²) in [5.41, 5.74) is 0.191. The molecule has 1 aliphatic rings. The number of aromatic nitrogens is 3. The van der Waals surface area contributed by atoms with Crippen LogP contribution in [0.1, 0.15) is 42.6 Å². The fraction of sp³-hybridized carbons (Fsp3) is 0.588. The first-order chi connectivity index (χ1) is 11.4. The van der Waals surface area contributed by atoms with Crippen molar-refractivity contribution >= 4 is 16.9 Å². The van der Waals surface area contributed by atoms with E-state index < -0.39 is 0 Å². The van der Waals surface area contributed by atoms with Gasteiger partial charge in [-0.15, -0.1) is 0 Å². The largest absolute Gasteiger partial charge is 0.337 e. The average molecular weight is 332 g/mol. The molecule has 0 atom stereocenters. The molecule has 0 bridgehead atoms. The van der Waals surface area contributed by atoms with Crippen molar-refractivity contribution in [2.24, 2.45) is 21.1 Å². The predicted molar refractivity (Wildman–Crippen MR) is 92.4 cm³/mol. The van der Waals surface area contributed by atoms with Crippen molar-refractivity contribution in [2.75, 3.05) is 13.1 Å². The third-order valence-corrected chi connectivity index (χ3v) is 4.99. The number of hydrogen-bond acceptors (Lipinski definition) is 3. The summed E-state index contributed by atoms with van der Waals surface area (Å²) >= 11 is 0. The molecule has 7 heteroatoms. The van der Waals surface area contributed by atoms with Crippen LogP contribution in [0.25, 0.3) is 11.0 Å². The second-order valence-electron chi connectivity index (χ2n) is 6.59. The number of carbonyl (C=O) groups excluding carboxylic acids is 1. The molecule has 1 amide bonds. The summed E-state index contributed by atoms with van der Waals surface area (Å²) in [6.07, 6.45) is 5.54. The minimum Gasteiger partial charge on any atom is -0.337 e. The second kappa shape index (κ2) is 6.30. The summed E-state index contributed by atoms with van der Waals surface area (Å²) in [6, 6.07) is 1.62. The van der Waals surface area contributed by atoms with Crippen LogP contribution < -0.4 is 11.2 Å². The van der Waals surface area contributed by atoms with Crippen molar-refractivity contribution in [2.45, 2.75) is 32.1 Å². The van der Waals surface area contributed by atoms with E-state index in [1.165, 1.54) is 18.0 Å². The summed E-state index contributed by atoms with van der Waals surface area (Å²) in [6.45, 7) is 1.49. The average Bonchev–Trinajstić information content (AvgIpc) is 2.88. The summed E-state index contributed by atoms with van der Waals surface area (Å²) < 4.78 is 4.16. The second-order valence-corrected chi connectivity index (χ2v) is 6.59. The van der Waals surface area contributed by atoms with Crippen molar-refractivity contribution in [3.8, 4) is 0 Å². The highest BCUT2D eigenvalue weighted by atomic mass is 16.2. The minimum absolute atomic E-state index is 0.0647. The highest BCUT2D eigenvalue weighted by Crippen LogP contribution is 2.18. The van der Waals surface area contributed by atoms with Gasteiger partial charge in [0, 0.05) is 34.2 Å². The van der Waals surface area contributed by atoms with Crippen LogP contribution in [0.15, 0.2) is 15.7 Å². The van der Waals surface area contributed by atoms with E-state index in [1.54, 1.807) is 24.7 Å². The van der Waals surface area contributed by atoms with Gasteiger partial charge in [-0.3, -0.25) is 18.7 Å². The molecule has 0 aromatic carbocycles. The molecular formula is C17H24N4O3. The van der Waals surface area contributed by atoms with Crippen LogP contribution in [-0.4, -0.2) is 37.6 Å². The van der Waals surface area contributed by atoms with Crippen LogP contribution in [0.5, 0.6) is 0 Å². The molecule has 0 spiro atoms. The van der Waals surface area contributed by atoms with Gasteiger partial charge < -0.3 is 9.47 Å². The standard InChI is InChI=1S/C17H24N4O3/c1-18-13(16(23)21-9-7-5-4-6-8-10-21)11-12-14(18)19(2)17(24)20(3)15(12)22/h11H,4-10H2,1-3H3. The van der Waals surface area contributed by atoms with Crippen molar-refractivity contribution in [3.05, 3.63) is 32.6 Å². The molecule has 0 radical (unpaired) electrons. The van der Waals surface area contributed by atoms with Gasteiger partial charge in [0.1, 0.15) is 11.3 Å². The molecule has 3 rings (SSSR count). The fourth-order valence-corrected chi connectivity index (χ4v) is 3.56. The maximum Gasteiger partial charge on any atom is 0.332 e. The Morgan fingerprint density at radius 3 is 2.08 bits per heavy atom. The Bertz CT molecular complexity index is 895. The number of likely N-dealkylation sites (tertiary alicyclic amines) is 1. The third-order valence-electron chi connectivity index (χ3n) is 4.99. The third kappa shape index (κ3) is 2.57. The fourth-order valence-electron chi connectivity index (χ4n) is 3.56. The lowest BCUT2D eigenvalue weighted by molar-refractivity contribution is 0.0733. The number of rotatable bonds is 1. The summed E-state index contributed by atoms with van der Waals surface area (Å²) in [5, 5.41) is 0.400. The van der Waals surface area contributed by atoms with E-state index in [9.17, 15) is 14.4 Å². The van der Waals surface area contributed by atoms with Gasteiger partial charge in [0.25, 0.3) is 11.5 Å². The van der Waals surface area contributed by atoms with Gasteiger partial charge in [-0.05, 0) is 18.9 Å². The monoisotopic (exact) mass is 332 g/mol. The molecule has 1 fully saturated rings. The number of nitrogens with zero attached hydrogens (tertiary/aromatic N) is 4. The molecule has 1 saturated heterocycles. The van der Waals surface area contributed by atoms with Gasteiger partial charge in [-0.25, -0.2) is 4.79 Å². The zero-order chi connectivity index (χ0) is 17.4. The van der Waals surface area contributed by atoms with E-state index in [2.05, 4.69) is 0 Å². The Kier molecular flexibility index (Phi) is 4.34. The molecule has 2 aromatic heterocycles. The number of fused-ring (bicyclic) bond motifs is 1. The topological polar surface area (TPSA) is 69.2 Å². The van der Waals surface area contributed by atoms with Gasteiger partial charge >= 0.3 is 5.69 Å². The van der Waals surface area contributed by atoms with Crippen LogP contribution in [0.2, 0.25) is 0 Å². The van der Waals surface area contributed by atoms with Gasteiger partial charge in [-0.2, -0.15) is 0 Å². The Morgan fingerprint density at radius 1 is 0.875 bits per heavy atom. The van der Waals surface area contributed by atoms with Gasteiger partial charge in [0.2, 0.25) is 0 Å². The number of carbonyl (C=O) groups is 1. The number of aryl methyl sites for hydroxylation is 2. The molecule has 130 valence electrons. The minimum atomic E-state index is -0.390. The Hall–Kier alpha value is -2.31. The van der Waals surface area contributed by atoms with Crippen molar-refractivity contribution < 1.29 is 4.79 Å². The molecule has 0 aliphatic carbocycles. The van der Waals surface area contributed by atoms with Crippen molar-refractivity contribution in [3.63, 3.8) is 0 Å². The van der Waals surface area contributed by atoms with E-state index in [1.807, 2.05) is 4.90 Å². The lowest BCUT2D eigenvalue weighted by Gasteiger charge is -2.25. The van der Waals surface area contributed by atoms with Crippen LogP contribution >= 0.6 is 0 Å². The smallest absolute Gasteiger partial charge is 0.332 e. The molecule has 24 heavy (non-hydrogen) atoms. The van der Waals surface area contributed by atoms with Crippen LogP contribution in [0, 0.1) is 0 Å². The molecule has 1 aliphatic heterocycles. The Balaban J connectivity index is 2.10. The first-order valence-corrected chi connectivity index (χ1v) is 8.48. The van der Waals surface area contributed by atoms with Gasteiger partial charge in [-0.1, -0.05) is 19.3 Å². The zero-order valence-corrected chi connectivity index (χ0v) is 14.5. The van der Waals surface area contributed by atoms with Crippen molar-refractivity contribution in [1.82, 2.24) is 18.6 Å². The quantitative estimate of drug-likeness (QED) is 0.782. The Morgan fingerprint density at radius 2 is 1.46 bits per heavy atom. The van der Waals surface area contributed by atoms with E-state index >= 15 is 0 Å². The van der Waals surface area contributed by atoms with E-state index in [4.69, 9.17) is 0 Å². The number of amides is 1. The first kappa shape index (κ1) is 16.5. The van der Waals surface area contributed by atoms with Crippen LogP contribution in [0.4, 0.5) is 0 Å². The first-order valence-electron chi connectivity index (χ1n) is 8.48. The highest BCUT2D eigenvalue weighted by Gasteiger charge is 2.23. The lowest BCUT2D eigenvalue weighted by Crippen LogP contribution is -2.37. The molecule has 3 heterocycles. The Labute approximate surface area is 140 Å². The number of hydrogen-bond donors (Lipinski definition) is 0. The van der Waals surface area contributed by atoms with Gasteiger partial charge in [0.15, 0.2) is 0 Å². The molecular weight excluding hydrogens is 308 g/mol. The molecule has 2 aromatic rings. The molecule has 0 unspecified atom stereocenters. The maximum absolute atomic E-state index is 13.0. The molecule has 0 N–H and O–H groups in total. The van der Waals surface area contributed by atoms with Gasteiger partial charge in [0.05, 0.1) is 5.39 Å².